The average molecular weight is 422 g/mol. The van der Waals surface area contributed by atoms with Gasteiger partial charge in [-0.2, -0.15) is 0 Å². The van der Waals surface area contributed by atoms with Crippen molar-refractivity contribution in [2.24, 2.45) is 7.05 Å². The van der Waals surface area contributed by atoms with E-state index in [1.165, 1.54) is 11.8 Å². The second-order valence-corrected chi connectivity index (χ2v) is 8.11. The molecule has 2 aromatic heterocycles. The fourth-order valence-electron chi connectivity index (χ4n) is 3.31. The summed E-state index contributed by atoms with van der Waals surface area (Å²) in [5.74, 6) is 0.694. The van der Waals surface area contributed by atoms with Crippen LogP contribution in [-0.4, -0.2) is 14.1 Å². The van der Waals surface area contributed by atoms with Crippen molar-refractivity contribution >= 4 is 34.4 Å². The number of aryl methyl sites for hydroxylation is 1. The first-order valence-electron chi connectivity index (χ1n) is 9.22. The largest absolute Gasteiger partial charge is 0.344 e. The highest BCUT2D eigenvalue weighted by molar-refractivity contribution is 7.98. The highest BCUT2D eigenvalue weighted by Gasteiger charge is 2.18. The van der Waals surface area contributed by atoms with Crippen molar-refractivity contribution < 1.29 is 0 Å². The van der Waals surface area contributed by atoms with E-state index in [0.717, 1.165) is 22.2 Å². The van der Waals surface area contributed by atoms with Crippen LogP contribution in [-0.2, 0) is 19.3 Å². The van der Waals surface area contributed by atoms with Crippen LogP contribution in [0.2, 0.25) is 5.02 Å². The summed E-state index contributed by atoms with van der Waals surface area (Å²) in [7, 11) is 1.89. The van der Waals surface area contributed by atoms with E-state index < -0.39 is 0 Å². The lowest BCUT2D eigenvalue weighted by Crippen LogP contribution is -2.24. The van der Waals surface area contributed by atoms with Gasteiger partial charge in [0.1, 0.15) is 11.0 Å². The Labute approximate surface area is 178 Å². The van der Waals surface area contributed by atoms with Crippen LogP contribution < -0.4 is 5.56 Å². The topological polar surface area (TPSA) is 39.8 Å². The molecular formula is C23H20ClN3OS. The first-order chi connectivity index (χ1) is 14.1. The van der Waals surface area contributed by atoms with Gasteiger partial charge in [0.25, 0.3) is 5.56 Å². The highest BCUT2D eigenvalue weighted by atomic mass is 35.5. The maximum absolute atomic E-state index is 13.3. The molecular weight excluding hydrogens is 402 g/mol. The number of hydrogen-bond donors (Lipinski definition) is 0. The van der Waals surface area contributed by atoms with Gasteiger partial charge in [0.2, 0.25) is 0 Å². The predicted molar refractivity (Wildman–Crippen MR) is 122 cm³/mol. The first kappa shape index (κ1) is 19.6. The molecule has 0 spiro atoms. The molecule has 6 heteroatoms. The van der Waals surface area contributed by atoms with Gasteiger partial charge in [-0.15, -0.1) is 6.58 Å². The van der Waals surface area contributed by atoms with Gasteiger partial charge in [-0.05, 0) is 23.3 Å². The van der Waals surface area contributed by atoms with Crippen molar-refractivity contribution in [2.75, 3.05) is 0 Å². The van der Waals surface area contributed by atoms with Crippen molar-refractivity contribution in [1.82, 2.24) is 14.1 Å². The minimum Gasteiger partial charge on any atom is -0.344 e. The van der Waals surface area contributed by atoms with Crippen molar-refractivity contribution in [3.05, 3.63) is 94.4 Å². The normalized spacial score (nSPS) is 11.1. The zero-order chi connectivity index (χ0) is 20.4. The third-order valence-corrected chi connectivity index (χ3v) is 6.02. The summed E-state index contributed by atoms with van der Waals surface area (Å²) < 4.78 is 3.55. The summed E-state index contributed by atoms with van der Waals surface area (Å²) >= 11 is 7.52. The maximum atomic E-state index is 13.3. The molecule has 0 radical (unpaired) electrons. The zero-order valence-corrected chi connectivity index (χ0v) is 17.6. The standard InChI is InChI=1S/C23H20ClN3OS/c1-3-13-27-22(28)21-20(19(14-26(21)2)17-7-5-4-6-8-17)25-23(27)29-15-16-9-11-18(24)12-10-16/h3-12,14H,1,13,15H2,2H3. The van der Waals surface area contributed by atoms with E-state index in [1.54, 1.807) is 10.6 Å². The Kier molecular flexibility index (Phi) is 5.60. The first-order valence-corrected chi connectivity index (χ1v) is 10.6. The van der Waals surface area contributed by atoms with Gasteiger partial charge in [0, 0.05) is 36.1 Å². The molecule has 0 aliphatic carbocycles. The zero-order valence-electron chi connectivity index (χ0n) is 16.0. The number of aromatic nitrogens is 3. The lowest BCUT2D eigenvalue weighted by Gasteiger charge is -2.11. The van der Waals surface area contributed by atoms with Crippen LogP contribution in [0.4, 0.5) is 0 Å². The van der Waals surface area contributed by atoms with E-state index in [2.05, 4.69) is 6.58 Å². The summed E-state index contributed by atoms with van der Waals surface area (Å²) in [6, 6.07) is 17.7. The SMILES string of the molecule is C=CCn1c(SCc2ccc(Cl)cc2)nc2c(-c3ccccc3)cn(C)c2c1=O. The second-order valence-electron chi connectivity index (χ2n) is 6.73. The van der Waals surface area contributed by atoms with Gasteiger partial charge in [-0.1, -0.05) is 71.9 Å². The molecule has 4 rings (SSSR count). The van der Waals surface area contributed by atoms with E-state index in [9.17, 15) is 4.79 Å². The molecule has 0 atom stereocenters. The maximum Gasteiger partial charge on any atom is 0.279 e. The van der Waals surface area contributed by atoms with Crippen molar-refractivity contribution in [3.8, 4) is 11.1 Å². The molecule has 0 amide bonds. The fraction of sp³-hybridized carbons (Fsp3) is 0.130. The number of thioether (sulfide) groups is 1. The number of nitrogens with zero attached hydrogens (tertiary/aromatic N) is 3. The minimum absolute atomic E-state index is 0.0572. The Morgan fingerprint density at radius 2 is 1.86 bits per heavy atom. The predicted octanol–water partition coefficient (Wildman–Crippen LogP) is 5.53. The molecule has 0 unspecified atom stereocenters. The van der Waals surface area contributed by atoms with E-state index in [1.807, 2.05) is 72.4 Å². The lowest BCUT2D eigenvalue weighted by molar-refractivity contribution is 0.667. The Morgan fingerprint density at radius 3 is 2.55 bits per heavy atom. The highest BCUT2D eigenvalue weighted by Crippen LogP contribution is 2.30. The number of benzene rings is 2. The molecule has 2 aromatic carbocycles. The average Bonchev–Trinajstić information content (AvgIpc) is 3.07. The molecule has 0 saturated heterocycles. The molecule has 0 aliphatic heterocycles. The lowest BCUT2D eigenvalue weighted by atomic mass is 10.1. The van der Waals surface area contributed by atoms with Crippen molar-refractivity contribution in [2.45, 2.75) is 17.5 Å². The molecule has 4 aromatic rings. The summed E-state index contributed by atoms with van der Waals surface area (Å²) in [6.45, 7) is 4.22. The van der Waals surface area contributed by atoms with Gasteiger partial charge in [0.05, 0.1) is 0 Å². The fourth-order valence-corrected chi connectivity index (χ4v) is 4.39. The molecule has 0 saturated carbocycles. The number of allylic oxidation sites excluding steroid dienone is 1. The van der Waals surface area contributed by atoms with Crippen LogP contribution in [0.15, 0.2) is 83.4 Å². The minimum atomic E-state index is -0.0572. The van der Waals surface area contributed by atoms with Gasteiger partial charge >= 0.3 is 0 Å². The van der Waals surface area contributed by atoms with E-state index in [-0.39, 0.29) is 5.56 Å². The molecule has 2 heterocycles. The van der Waals surface area contributed by atoms with Crippen LogP contribution in [0.1, 0.15) is 5.56 Å². The summed E-state index contributed by atoms with van der Waals surface area (Å²) in [5.41, 5.74) is 4.39. The van der Waals surface area contributed by atoms with Crippen LogP contribution in [0.25, 0.3) is 22.2 Å². The summed E-state index contributed by atoms with van der Waals surface area (Å²) in [5, 5.41) is 1.39. The monoisotopic (exact) mass is 421 g/mol. The smallest absolute Gasteiger partial charge is 0.279 e. The second kappa shape index (κ2) is 8.31. The van der Waals surface area contributed by atoms with Crippen LogP contribution in [0.3, 0.4) is 0 Å². The van der Waals surface area contributed by atoms with Gasteiger partial charge in [-0.25, -0.2) is 4.98 Å². The Morgan fingerprint density at radius 1 is 1.14 bits per heavy atom. The van der Waals surface area contributed by atoms with E-state index >= 15 is 0 Å². The molecule has 0 N–H and O–H groups in total. The number of halogens is 1. The Hall–Kier alpha value is -2.76. The molecule has 4 nitrogen and oxygen atoms in total. The Bertz CT molecular complexity index is 1230. The van der Waals surface area contributed by atoms with Crippen molar-refractivity contribution in [3.63, 3.8) is 0 Å². The third-order valence-electron chi connectivity index (χ3n) is 4.72. The summed E-state index contributed by atoms with van der Waals surface area (Å²) in [6.07, 6.45) is 3.70. The summed E-state index contributed by atoms with van der Waals surface area (Å²) in [4.78, 5) is 18.2. The molecule has 0 bridgehead atoms. The van der Waals surface area contributed by atoms with Crippen LogP contribution in [0.5, 0.6) is 0 Å². The molecule has 0 fully saturated rings. The number of hydrogen-bond acceptors (Lipinski definition) is 3. The molecule has 29 heavy (non-hydrogen) atoms. The quantitative estimate of drug-likeness (QED) is 0.233. The van der Waals surface area contributed by atoms with Crippen LogP contribution >= 0.6 is 23.4 Å². The van der Waals surface area contributed by atoms with E-state index in [0.29, 0.717) is 28.0 Å². The van der Waals surface area contributed by atoms with Gasteiger partial charge in [-0.3, -0.25) is 9.36 Å². The molecule has 146 valence electrons. The van der Waals surface area contributed by atoms with Gasteiger partial charge < -0.3 is 4.57 Å². The molecule has 0 aliphatic rings. The number of fused-ring (bicyclic) bond motifs is 1. The Balaban J connectivity index is 1.83. The van der Waals surface area contributed by atoms with Crippen molar-refractivity contribution in [1.29, 1.82) is 0 Å². The van der Waals surface area contributed by atoms with Gasteiger partial charge in [0.15, 0.2) is 5.16 Å². The number of rotatable bonds is 6. The third kappa shape index (κ3) is 3.88. The van der Waals surface area contributed by atoms with E-state index in [4.69, 9.17) is 16.6 Å². The van der Waals surface area contributed by atoms with Crippen LogP contribution in [0, 0.1) is 0 Å².